The van der Waals surface area contributed by atoms with E-state index < -0.39 is 5.97 Å². The lowest BCUT2D eigenvalue weighted by Crippen LogP contribution is -2.41. The average molecular weight is 564 g/mol. The summed E-state index contributed by atoms with van der Waals surface area (Å²) in [5.41, 5.74) is 6.53. The summed E-state index contributed by atoms with van der Waals surface area (Å²) in [6, 6.07) is 12.1. The van der Waals surface area contributed by atoms with E-state index in [1.54, 1.807) is 13.2 Å². The highest BCUT2D eigenvalue weighted by Gasteiger charge is 2.31. The number of benzene rings is 2. The fourth-order valence-corrected chi connectivity index (χ4v) is 7.68. The van der Waals surface area contributed by atoms with E-state index >= 15 is 0 Å². The molecule has 3 aromatic rings. The van der Waals surface area contributed by atoms with Gasteiger partial charge in [-0.05, 0) is 86.4 Å². The molecule has 1 aliphatic carbocycles. The van der Waals surface area contributed by atoms with E-state index in [4.69, 9.17) is 16.3 Å². The SMILES string of the molecule is COCC[C@H]1CCCN(CCN2CCn3c(c(C4CCCCC4)c4ccc(C(=O)O)cc43)-c3ccc(Cl)cc32)C1. The summed E-state index contributed by atoms with van der Waals surface area (Å²) < 4.78 is 7.77. The Morgan fingerprint density at radius 3 is 2.65 bits per heavy atom. The number of hydrogen-bond donors (Lipinski definition) is 1. The Hall–Kier alpha value is -2.54. The largest absolute Gasteiger partial charge is 0.478 e. The van der Waals surface area contributed by atoms with Crippen LogP contribution in [-0.4, -0.2) is 67.0 Å². The number of rotatable bonds is 8. The van der Waals surface area contributed by atoms with Crippen molar-refractivity contribution in [1.29, 1.82) is 0 Å². The molecule has 1 saturated heterocycles. The molecule has 2 aromatic carbocycles. The number of carbonyl (C=O) groups is 1. The van der Waals surface area contributed by atoms with Crippen LogP contribution in [0, 0.1) is 5.92 Å². The quantitative estimate of drug-likeness (QED) is 0.312. The monoisotopic (exact) mass is 563 g/mol. The first kappa shape index (κ1) is 27.6. The third kappa shape index (κ3) is 5.50. The summed E-state index contributed by atoms with van der Waals surface area (Å²) in [4.78, 5) is 17.1. The Balaban J connectivity index is 1.37. The first-order valence-corrected chi connectivity index (χ1v) is 15.6. The molecule has 0 unspecified atom stereocenters. The Morgan fingerprint density at radius 1 is 1.00 bits per heavy atom. The van der Waals surface area contributed by atoms with Crippen LogP contribution in [0.2, 0.25) is 5.02 Å². The number of anilines is 1. The fraction of sp³-hybridized carbons (Fsp3) is 0.545. The predicted octanol–water partition coefficient (Wildman–Crippen LogP) is 7.28. The molecular formula is C33H42ClN3O3. The summed E-state index contributed by atoms with van der Waals surface area (Å²) in [5.74, 6) is 0.341. The molecule has 6 nitrogen and oxygen atoms in total. The topological polar surface area (TPSA) is 57.9 Å². The van der Waals surface area contributed by atoms with Gasteiger partial charge in [-0.25, -0.2) is 4.79 Å². The Kier molecular flexibility index (Phi) is 8.38. The van der Waals surface area contributed by atoms with E-state index in [1.165, 1.54) is 72.8 Å². The number of methoxy groups -OCH3 is 1. The van der Waals surface area contributed by atoms with Gasteiger partial charge in [0.15, 0.2) is 0 Å². The number of hydrogen-bond acceptors (Lipinski definition) is 4. The number of carboxylic acid groups (broad SMARTS) is 1. The second-order valence-electron chi connectivity index (χ2n) is 12.0. The van der Waals surface area contributed by atoms with Crippen molar-refractivity contribution in [3.8, 4) is 11.3 Å². The smallest absolute Gasteiger partial charge is 0.335 e. The molecule has 1 saturated carbocycles. The van der Waals surface area contributed by atoms with Crippen molar-refractivity contribution in [2.45, 2.75) is 63.8 Å². The molecule has 2 fully saturated rings. The maximum Gasteiger partial charge on any atom is 0.335 e. The van der Waals surface area contributed by atoms with Gasteiger partial charge >= 0.3 is 5.97 Å². The standard InChI is InChI=1S/C33H42ClN3O3/c1-40-19-13-23-6-5-14-35(22-23)15-16-36-17-18-37-30-20-25(33(38)39)9-11-27(30)31(24-7-3-2-4-8-24)32(37)28-12-10-26(34)21-29(28)36/h9-12,20-21,23-24H,2-8,13-19,22H2,1H3,(H,38,39)/t23-/m1/s1. The van der Waals surface area contributed by atoms with Gasteiger partial charge in [0.2, 0.25) is 0 Å². The summed E-state index contributed by atoms with van der Waals surface area (Å²) in [6.45, 7) is 6.82. The van der Waals surface area contributed by atoms with E-state index in [2.05, 4.69) is 32.6 Å². The van der Waals surface area contributed by atoms with Crippen LogP contribution in [-0.2, 0) is 11.3 Å². The van der Waals surface area contributed by atoms with Gasteiger partial charge in [-0.2, -0.15) is 0 Å². The van der Waals surface area contributed by atoms with Crippen LogP contribution in [0.5, 0.6) is 0 Å². The summed E-state index contributed by atoms with van der Waals surface area (Å²) in [7, 11) is 1.80. The van der Waals surface area contributed by atoms with Crippen LogP contribution in [0.1, 0.15) is 73.2 Å². The number of likely N-dealkylation sites (tertiary alicyclic amines) is 1. The van der Waals surface area contributed by atoms with Gasteiger partial charge in [-0.3, -0.25) is 0 Å². The molecule has 3 heterocycles. The molecule has 0 amide bonds. The highest BCUT2D eigenvalue weighted by molar-refractivity contribution is 6.31. The number of aromatic nitrogens is 1. The van der Waals surface area contributed by atoms with Crippen molar-refractivity contribution >= 4 is 34.2 Å². The molecular weight excluding hydrogens is 522 g/mol. The van der Waals surface area contributed by atoms with Crippen molar-refractivity contribution in [2.75, 3.05) is 51.3 Å². The van der Waals surface area contributed by atoms with Crippen molar-refractivity contribution < 1.29 is 14.6 Å². The third-order valence-corrected chi connectivity index (χ3v) is 9.77. The second-order valence-corrected chi connectivity index (χ2v) is 12.5. The Morgan fingerprint density at radius 2 is 1.85 bits per heavy atom. The number of halogens is 1. The molecule has 7 heteroatoms. The average Bonchev–Trinajstić information content (AvgIpc) is 3.21. The van der Waals surface area contributed by atoms with Gasteiger partial charge in [0.25, 0.3) is 0 Å². The number of aromatic carboxylic acids is 1. The molecule has 2 aliphatic heterocycles. The van der Waals surface area contributed by atoms with Crippen LogP contribution >= 0.6 is 11.6 Å². The zero-order valence-corrected chi connectivity index (χ0v) is 24.5. The van der Waals surface area contributed by atoms with Crippen molar-refractivity contribution in [3.63, 3.8) is 0 Å². The van der Waals surface area contributed by atoms with Crippen molar-refractivity contribution in [2.24, 2.45) is 5.92 Å². The number of ether oxygens (including phenoxy) is 1. The van der Waals surface area contributed by atoms with Gasteiger partial charge in [-0.15, -0.1) is 0 Å². The molecule has 1 aromatic heterocycles. The lowest BCUT2D eigenvalue weighted by molar-refractivity contribution is 0.0697. The van der Waals surface area contributed by atoms with Crippen molar-refractivity contribution in [1.82, 2.24) is 9.47 Å². The second kappa shape index (κ2) is 12.1. The number of nitrogens with zero attached hydrogens (tertiary/aromatic N) is 3. The molecule has 6 rings (SSSR count). The highest BCUT2D eigenvalue weighted by atomic mass is 35.5. The van der Waals surface area contributed by atoms with Crippen molar-refractivity contribution in [3.05, 3.63) is 52.5 Å². The molecule has 0 spiro atoms. The third-order valence-electron chi connectivity index (χ3n) is 9.53. The first-order chi connectivity index (χ1) is 19.5. The lowest BCUT2D eigenvalue weighted by Gasteiger charge is -2.35. The van der Waals surface area contributed by atoms with Gasteiger partial charge in [-0.1, -0.05) is 36.9 Å². The van der Waals surface area contributed by atoms with Crippen LogP contribution in [0.3, 0.4) is 0 Å². The minimum absolute atomic E-state index is 0.355. The molecule has 0 bridgehead atoms. The molecule has 1 N–H and O–H groups in total. The molecule has 40 heavy (non-hydrogen) atoms. The minimum Gasteiger partial charge on any atom is -0.478 e. The van der Waals surface area contributed by atoms with Crippen LogP contribution in [0.4, 0.5) is 5.69 Å². The minimum atomic E-state index is -0.871. The van der Waals surface area contributed by atoms with E-state index in [0.29, 0.717) is 17.4 Å². The summed E-state index contributed by atoms with van der Waals surface area (Å²) in [6.07, 6.45) is 9.89. The zero-order chi connectivity index (χ0) is 27.6. The summed E-state index contributed by atoms with van der Waals surface area (Å²) >= 11 is 6.64. The summed E-state index contributed by atoms with van der Waals surface area (Å²) in [5, 5.41) is 11.8. The molecule has 214 valence electrons. The number of carboxylic acids is 1. The Labute approximate surface area is 242 Å². The first-order valence-electron chi connectivity index (χ1n) is 15.2. The fourth-order valence-electron chi connectivity index (χ4n) is 7.51. The van der Waals surface area contributed by atoms with E-state index in [1.807, 2.05) is 12.1 Å². The Bertz CT molecular complexity index is 1360. The maximum absolute atomic E-state index is 12.0. The highest BCUT2D eigenvalue weighted by Crippen LogP contribution is 2.48. The van der Waals surface area contributed by atoms with E-state index in [9.17, 15) is 9.90 Å². The molecule has 0 radical (unpaired) electrons. The van der Waals surface area contributed by atoms with Gasteiger partial charge in [0, 0.05) is 73.6 Å². The van der Waals surface area contributed by atoms with E-state index in [0.717, 1.165) is 62.8 Å². The molecule has 1 atom stereocenters. The maximum atomic E-state index is 12.0. The normalized spacial score (nSPS) is 20.4. The van der Waals surface area contributed by atoms with Gasteiger partial charge < -0.3 is 24.2 Å². The number of fused-ring (bicyclic) bond motifs is 5. The predicted molar refractivity (Wildman–Crippen MR) is 163 cm³/mol. The van der Waals surface area contributed by atoms with E-state index in [-0.39, 0.29) is 0 Å². The lowest BCUT2D eigenvalue weighted by atomic mass is 9.81. The number of piperidine rings is 1. The van der Waals surface area contributed by atoms with Crippen LogP contribution in [0.15, 0.2) is 36.4 Å². The molecule has 3 aliphatic rings. The van der Waals surface area contributed by atoms with Gasteiger partial charge in [0.05, 0.1) is 11.3 Å². The zero-order valence-electron chi connectivity index (χ0n) is 23.7. The van der Waals surface area contributed by atoms with Gasteiger partial charge in [0.1, 0.15) is 0 Å². The van der Waals surface area contributed by atoms with Crippen LogP contribution in [0.25, 0.3) is 22.2 Å². The van der Waals surface area contributed by atoms with Crippen LogP contribution < -0.4 is 4.90 Å².